The molecule has 0 bridgehead atoms. The number of para-hydroxylation sites is 1. The SMILES string of the molecule is CCCCN1CCOc2ccccc2C(=O)N[C@H](C(=O)NCc2cccc(CN3CCOCC3)c2)CCC(=O)N[C@@H](CC(C)C)C1=O. The minimum atomic E-state index is -0.983. The molecule has 11 heteroatoms. The van der Waals surface area contributed by atoms with E-state index in [0.29, 0.717) is 25.3 Å². The van der Waals surface area contributed by atoms with Crippen molar-refractivity contribution in [2.45, 2.75) is 78.0 Å². The van der Waals surface area contributed by atoms with Gasteiger partial charge in [-0.05, 0) is 48.4 Å². The molecule has 2 aliphatic rings. The van der Waals surface area contributed by atoms with E-state index in [9.17, 15) is 19.2 Å². The maximum atomic E-state index is 13.7. The summed E-state index contributed by atoms with van der Waals surface area (Å²) in [4.78, 5) is 58.1. The van der Waals surface area contributed by atoms with E-state index in [-0.39, 0.29) is 49.3 Å². The highest BCUT2D eigenvalue weighted by atomic mass is 16.5. The summed E-state index contributed by atoms with van der Waals surface area (Å²) >= 11 is 0. The molecule has 11 nitrogen and oxygen atoms in total. The first kappa shape index (κ1) is 35.9. The average molecular weight is 650 g/mol. The maximum absolute atomic E-state index is 13.7. The highest BCUT2D eigenvalue weighted by Gasteiger charge is 2.29. The van der Waals surface area contributed by atoms with Crippen LogP contribution in [0.3, 0.4) is 0 Å². The second kappa shape index (κ2) is 18.4. The zero-order valence-electron chi connectivity index (χ0n) is 28.1. The molecule has 0 radical (unpaired) electrons. The summed E-state index contributed by atoms with van der Waals surface area (Å²) in [5.74, 6) is -0.812. The lowest BCUT2D eigenvalue weighted by atomic mass is 10.0. The number of benzene rings is 2. The van der Waals surface area contributed by atoms with Gasteiger partial charge in [-0.15, -0.1) is 0 Å². The van der Waals surface area contributed by atoms with Gasteiger partial charge in [-0.3, -0.25) is 24.1 Å². The van der Waals surface area contributed by atoms with Crippen molar-refractivity contribution in [3.8, 4) is 5.75 Å². The third-order valence-corrected chi connectivity index (χ3v) is 8.43. The number of unbranched alkanes of at least 4 members (excludes halogenated alkanes) is 1. The first-order chi connectivity index (χ1) is 22.7. The molecule has 1 fully saturated rings. The van der Waals surface area contributed by atoms with Crippen molar-refractivity contribution in [3.63, 3.8) is 0 Å². The number of fused-ring (bicyclic) bond motifs is 1. The van der Waals surface area contributed by atoms with Gasteiger partial charge in [0, 0.05) is 39.1 Å². The van der Waals surface area contributed by atoms with Crippen LogP contribution < -0.4 is 20.7 Å². The molecule has 256 valence electrons. The number of rotatable bonds is 10. The number of nitrogens with one attached hydrogen (secondary N) is 3. The lowest BCUT2D eigenvalue weighted by Crippen LogP contribution is -2.51. The normalized spacial score (nSPS) is 20.3. The van der Waals surface area contributed by atoms with Crippen LogP contribution in [0.15, 0.2) is 48.5 Å². The second-order valence-electron chi connectivity index (χ2n) is 12.8. The van der Waals surface area contributed by atoms with Crippen LogP contribution in [0, 0.1) is 5.92 Å². The Balaban J connectivity index is 1.51. The fourth-order valence-corrected chi connectivity index (χ4v) is 5.85. The Morgan fingerprint density at radius 3 is 2.51 bits per heavy atom. The Bertz CT molecular complexity index is 1340. The second-order valence-corrected chi connectivity index (χ2v) is 12.8. The third-order valence-electron chi connectivity index (χ3n) is 8.43. The van der Waals surface area contributed by atoms with Crippen LogP contribution in [0.5, 0.6) is 5.75 Å². The highest BCUT2D eigenvalue weighted by Crippen LogP contribution is 2.19. The van der Waals surface area contributed by atoms with Crippen molar-refractivity contribution in [3.05, 3.63) is 65.2 Å². The Hall–Kier alpha value is -3.96. The van der Waals surface area contributed by atoms with E-state index in [0.717, 1.165) is 56.8 Å². The topological polar surface area (TPSA) is 129 Å². The Morgan fingerprint density at radius 2 is 1.74 bits per heavy atom. The van der Waals surface area contributed by atoms with Gasteiger partial charge in [-0.2, -0.15) is 0 Å². The van der Waals surface area contributed by atoms with Gasteiger partial charge in [-0.1, -0.05) is 63.6 Å². The molecule has 2 atom stereocenters. The maximum Gasteiger partial charge on any atom is 0.255 e. The minimum absolute atomic E-state index is 0.0393. The Labute approximate surface area is 278 Å². The minimum Gasteiger partial charge on any atom is -0.491 e. The van der Waals surface area contributed by atoms with Crippen LogP contribution in [0.25, 0.3) is 0 Å². The van der Waals surface area contributed by atoms with Gasteiger partial charge in [0.1, 0.15) is 24.4 Å². The van der Waals surface area contributed by atoms with E-state index in [1.807, 2.05) is 26.0 Å². The van der Waals surface area contributed by atoms with Crippen LogP contribution in [-0.4, -0.2) is 91.5 Å². The number of carbonyl (C=O) groups excluding carboxylic acids is 4. The van der Waals surface area contributed by atoms with Gasteiger partial charge < -0.3 is 30.3 Å². The molecule has 2 aromatic rings. The molecule has 4 rings (SSSR count). The number of morpholine rings is 1. The van der Waals surface area contributed by atoms with E-state index in [1.165, 1.54) is 0 Å². The van der Waals surface area contributed by atoms with E-state index < -0.39 is 23.9 Å². The van der Waals surface area contributed by atoms with E-state index in [1.54, 1.807) is 29.2 Å². The van der Waals surface area contributed by atoms with Crippen molar-refractivity contribution < 1.29 is 28.7 Å². The fraction of sp³-hybridized carbons (Fsp3) is 0.556. The smallest absolute Gasteiger partial charge is 0.255 e. The molecule has 3 N–H and O–H groups in total. The zero-order valence-corrected chi connectivity index (χ0v) is 28.1. The Kier molecular flexibility index (Phi) is 14.0. The summed E-state index contributed by atoms with van der Waals surface area (Å²) in [5, 5.41) is 8.74. The summed E-state index contributed by atoms with van der Waals surface area (Å²) in [6.07, 6.45) is 2.25. The molecule has 1 saturated heterocycles. The monoisotopic (exact) mass is 649 g/mol. The highest BCUT2D eigenvalue weighted by molar-refractivity contribution is 5.99. The molecule has 0 aliphatic carbocycles. The standard InChI is InChI=1S/C36H51N5O6/c1-4-5-15-41-18-21-47-32-12-7-6-11-29(32)34(43)39-30(13-14-33(42)38-31(36(41)45)22-26(2)3)35(44)37-24-27-9-8-10-28(23-27)25-40-16-19-46-20-17-40/h6-12,23,26,30-31H,4-5,13-22,24-25H2,1-3H3,(H,37,44)(H,38,42)(H,39,43)/t30-,31-/m0/s1. The van der Waals surface area contributed by atoms with Crippen LogP contribution in [0.4, 0.5) is 0 Å². The van der Waals surface area contributed by atoms with Crippen LogP contribution in [-0.2, 0) is 32.2 Å². The van der Waals surface area contributed by atoms with Crippen LogP contribution in [0.1, 0.15) is 74.4 Å². The quantitative estimate of drug-likeness (QED) is 0.361. The molecule has 0 aromatic heterocycles. The van der Waals surface area contributed by atoms with Crippen molar-refractivity contribution in [1.82, 2.24) is 25.8 Å². The lowest BCUT2D eigenvalue weighted by molar-refractivity contribution is -0.137. The van der Waals surface area contributed by atoms with Gasteiger partial charge >= 0.3 is 0 Å². The van der Waals surface area contributed by atoms with Crippen molar-refractivity contribution in [2.75, 3.05) is 46.0 Å². The number of carbonyl (C=O) groups is 4. The first-order valence-electron chi connectivity index (χ1n) is 17.0. The lowest BCUT2D eigenvalue weighted by Gasteiger charge is -2.29. The number of hydrogen-bond acceptors (Lipinski definition) is 7. The molecule has 4 amide bonds. The molecule has 2 aliphatic heterocycles. The van der Waals surface area contributed by atoms with Gasteiger partial charge in [0.15, 0.2) is 0 Å². The van der Waals surface area contributed by atoms with Crippen molar-refractivity contribution in [1.29, 1.82) is 0 Å². The average Bonchev–Trinajstić information content (AvgIpc) is 3.06. The fourth-order valence-electron chi connectivity index (χ4n) is 5.85. The van der Waals surface area contributed by atoms with Crippen molar-refractivity contribution in [2.24, 2.45) is 5.92 Å². The predicted molar refractivity (Wildman–Crippen MR) is 180 cm³/mol. The molecule has 0 saturated carbocycles. The number of ether oxygens (including phenoxy) is 2. The molecular formula is C36H51N5O6. The number of amides is 4. The molecule has 0 unspecified atom stereocenters. The summed E-state index contributed by atoms with van der Waals surface area (Å²) in [7, 11) is 0. The van der Waals surface area contributed by atoms with E-state index >= 15 is 0 Å². The Morgan fingerprint density at radius 1 is 0.979 bits per heavy atom. The van der Waals surface area contributed by atoms with E-state index in [2.05, 4.69) is 39.9 Å². The largest absolute Gasteiger partial charge is 0.491 e. The summed E-state index contributed by atoms with van der Waals surface area (Å²) < 4.78 is 11.5. The number of hydrogen-bond donors (Lipinski definition) is 3. The summed E-state index contributed by atoms with van der Waals surface area (Å²) in [6.45, 7) is 11.4. The van der Waals surface area contributed by atoms with Crippen LogP contribution >= 0.6 is 0 Å². The van der Waals surface area contributed by atoms with Gasteiger partial charge in [0.2, 0.25) is 17.7 Å². The van der Waals surface area contributed by atoms with Crippen molar-refractivity contribution >= 4 is 23.6 Å². The zero-order chi connectivity index (χ0) is 33.6. The van der Waals surface area contributed by atoms with Gasteiger partial charge in [0.05, 0.1) is 25.3 Å². The molecule has 2 aromatic carbocycles. The molecular weight excluding hydrogens is 598 g/mol. The molecule has 2 heterocycles. The first-order valence-corrected chi connectivity index (χ1v) is 17.0. The molecule has 0 spiro atoms. The molecule has 47 heavy (non-hydrogen) atoms. The summed E-state index contributed by atoms with van der Waals surface area (Å²) in [6, 6.07) is 13.2. The predicted octanol–water partition coefficient (Wildman–Crippen LogP) is 3.27. The third kappa shape index (κ3) is 11.4. The van der Waals surface area contributed by atoms with E-state index in [4.69, 9.17) is 9.47 Å². The van der Waals surface area contributed by atoms with Gasteiger partial charge in [-0.25, -0.2) is 0 Å². The summed E-state index contributed by atoms with van der Waals surface area (Å²) in [5.41, 5.74) is 2.36. The van der Waals surface area contributed by atoms with Gasteiger partial charge in [0.25, 0.3) is 5.91 Å². The van der Waals surface area contributed by atoms with Crippen LogP contribution in [0.2, 0.25) is 0 Å². The number of nitrogens with zero attached hydrogens (tertiary/aromatic N) is 2.